The van der Waals surface area contributed by atoms with Gasteiger partial charge in [-0.1, -0.05) is 22.0 Å². The molecule has 0 aliphatic carbocycles. The van der Waals surface area contributed by atoms with E-state index >= 15 is 0 Å². The average Bonchev–Trinajstić information content (AvgIpc) is 2.33. The van der Waals surface area contributed by atoms with E-state index in [4.69, 9.17) is 9.47 Å². The molecule has 0 heterocycles. The molecule has 1 atom stereocenters. The quantitative estimate of drug-likeness (QED) is 0.724. The Hall–Kier alpha value is -1.03. The summed E-state index contributed by atoms with van der Waals surface area (Å²) in [6, 6.07) is 5.79. The highest BCUT2D eigenvalue weighted by Crippen LogP contribution is 2.29. The summed E-state index contributed by atoms with van der Waals surface area (Å²) in [6.07, 6.45) is 0.655. The molecule has 0 aliphatic rings. The molecule has 0 aliphatic heterocycles. The molecule has 0 fully saturated rings. The van der Waals surface area contributed by atoms with E-state index in [2.05, 4.69) is 15.9 Å². The summed E-state index contributed by atoms with van der Waals surface area (Å²) >= 11 is 3.37. The first kappa shape index (κ1) is 15.0. The van der Waals surface area contributed by atoms with Crippen LogP contribution in [0.5, 0.6) is 11.5 Å². The lowest BCUT2D eigenvalue weighted by Crippen LogP contribution is -2.12. The fraction of sp³-hybridized carbons (Fsp3) is 0.500. The zero-order chi connectivity index (χ0) is 13.5. The van der Waals surface area contributed by atoms with E-state index in [0.717, 1.165) is 17.1 Å². The number of rotatable bonds is 7. The predicted molar refractivity (Wildman–Crippen MR) is 75.9 cm³/mol. The number of ketones is 1. The van der Waals surface area contributed by atoms with Gasteiger partial charge in [-0.25, -0.2) is 0 Å². The minimum absolute atomic E-state index is 0.127. The van der Waals surface area contributed by atoms with Gasteiger partial charge in [-0.15, -0.1) is 0 Å². The van der Waals surface area contributed by atoms with Crippen molar-refractivity contribution in [3.63, 3.8) is 0 Å². The van der Waals surface area contributed by atoms with E-state index in [1.165, 1.54) is 0 Å². The van der Waals surface area contributed by atoms with Crippen LogP contribution in [0.15, 0.2) is 18.2 Å². The Balaban J connectivity index is 2.88. The number of halogens is 1. The van der Waals surface area contributed by atoms with Crippen molar-refractivity contribution in [3.05, 3.63) is 23.8 Å². The summed E-state index contributed by atoms with van der Waals surface area (Å²) in [7, 11) is 0. The fourth-order valence-electron chi connectivity index (χ4n) is 1.57. The molecule has 0 amide bonds. The minimum Gasteiger partial charge on any atom is -0.490 e. The van der Waals surface area contributed by atoms with Crippen LogP contribution in [0.3, 0.4) is 0 Å². The summed E-state index contributed by atoms with van der Waals surface area (Å²) in [5.74, 6) is 1.61. The van der Waals surface area contributed by atoms with Gasteiger partial charge in [-0.3, -0.25) is 4.79 Å². The van der Waals surface area contributed by atoms with Gasteiger partial charge >= 0.3 is 0 Å². The highest BCUT2D eigenvalue weighted by molar-refractivity contribution is 9.10. The molecular formula is C14H19BrO3. The Morgan fingerprint density at radius 1 is 1.22 bits per heavy atom. The molecule has 18 heavy (non-hydrogen) atoms. The largest absolute Gasteiger partial charge is 0.490 e. The molecule has 1 aromatic carbocycles. The molecule has 1 rings (SSSR count). The molecular weight excluding hydrogens is 296 g/mol. The first-order chi connectivity index (χ1) is 8.58. The van der Waals surface area contributed by atoms with E-state index < -0.39 is 0 Å². The van der Waals surface area contributed by atoms with E-state index in [1.807, 2.05) is 32.0 Å². The lowest BCUT2D eigenvalue weighted by Gasteiger charge is -2.13. The van der Waals surface area contributed by atoms with Gasteiger partial charge in [0, 0.05) is 0 Å². The van der Waals surface area contributed by atoms with Crippen LogP contribution >= 0.6 is 15.9 Å². The molecule has 1 unspecified atom stereocenters. The van der Waals surface area contributed by atoms with Gasteiger partial charge in [0.25, 0.3) is 0 Å². The van der Waals surface area contributed by atoms with Gasteiger partial charge in [0.05, 0.1) is 18.0 Å². The summed E-state index contributed by atoms with van der Waals surface area (Å²) < 4.78 is 11.0. The number of carbonyl (C=O) groups is 1. The Kier molecular flexibility index (Phi) is 6.19. The first-order valence-electron chi connectivity index (χ1n) is 6.11. The number of carbonyl (C=O) groups excluding carboxylic acids is 1. The average molecular weight is 315 g/mol. The van der Waals surface area contributed by atoms with Crippen LogP contribution in [-0.4, -0.2) is 23.8 Å². The number of Topliss-reactive ketones (excluding diaryl/α,β-unsaturated/α-hetero) is 1. The maximum Gasteiger partial charge on any atom is 0.161 e. The molecule has 1 aromatic rings. The lowest BCUT2D eigenvalue weighted by atomic mass is 10.1. The van der Waals surface area contributed by atoms with Crippen LogP contribution in [0.2, 0.25) is 0 Å². The second-order valence-corrected chi connectivity index (χ2v) is 5.03. The molecule has 0 bridgehead atoms. The Bertz CT molecular complexity index is 404. The highest BCUT2D eigenvalue weighted by atomic mass is 79.9. The van der Waals surface area contributed by atoms with Gasteiger partial charge in [-0.05, 0) is 44.9 Å². The van der Waals surface area contributed by atoms with Crippen molar-refractivity contribution in [1.82, 2.24) is 0 Å². The molecule has 0 aromatic heterocycles. The van der Waals surface area contributed by atoms with Crippen LogP contribution in [-0.2, 0) is 11.2 Å². The smallest absolute Gasteiger partial charge is 0.161 e. The van der Waals surface area contributed by atoms with Crippen molar-refractivity contribution in [1.29, 1.82) is 0 Å². The van der Waals surface area contributed by atoms with Crippen LogP contribution < -0.4 is 9.47 Å². The maximum absolute atomic E-state index is 11.2. The number of alkyl halides is 1. The second kappa shape index (κ2) is 7.41. The van der Waals surface area contributed by atoms with Crippen LogP contribution in [0.4, 0.5) is 0 Å². The third-order valence-corrected chi connectivity index (χ3v) is 3.43. The standard InChI is InChI=1S/C14H19BrO3/c1-4-17-13-7-6-11(8-12(15)10(3)16)9-14(13)18-5-2/h6-7,9,12H,4-5,8H2,1-3H3. The number of benzene rings is 1. The van der Waals surface area contributed by atoms with E-state index in [-0.39, 0.29) is 10.6 Å². The molecule has 0 saturated heterocycles. The fourth-order valence-corrected chi connectivity index (χ4v) is 1.95. The van der Waals surface area contributed by atoms with Gasteiger partial charge in [-0.2, -0.15) is 0 Å². The van der Waals surface area contributed by atoms with E-state index in [1.54, 1.807) is 6.92 Å². The van der Waals surface area contributed by atoms with E-state index in [9.17, 15) is 4.79 Å². The third kappa shape index (κ3) is 4.33. The van der Waals surface area contributed by atoms with Crippen molar-refractivity contribution in [2.45, 2.75) is 32.0 Å². The van der Waals surface area contributed by atoms with Gasteiger partial charge in [0.1, 0.15) is 5.78 Å². The van der Waals surface area contributed by atoms with Gasteiger partial charge in [0.15, 0.2) is 11.5 Å². The second-order valence-electron chi connectivity index (χ2n) is 3.93. The molecule has 4 heteroatoms. The Morgan fingerprint density at radius 3 is 2.39 bits per heavy atom. The van der Waals surface area contributed by atoms with E-state index in [0.29, 0.717) is 19.6 Å². The monoisotopic (exact) mass is 314 g/mol. The maximum atomic E-state index is 11.2. The summed E-state index contributed by atoms with van der Waals surface area (Å²) in [5, 5.41) is 0. The highest BCUT2D eigenvalue weighted by Gasteiger charge is 2.13. The molecule has 0 spiro atoms. The lowest BCUT2D eigenvalue weighted by molar-refractivity contribution is -0.116. The molecule has 3 nitrogen and oxygen atoms in total. The summed E-state index contributed by atoms with van der Waals surface area (Å²) in [4.78, 5) is 11.1. The normalized spacial score (nSPS) is 12.0. The molecule has 0 saturated carbocycles. The number of ether oxygens (including phenoxy) is 2. The topological polar surface area (TPSA) is 35.5 Å². The molecule has 0 radical (unpaired) electrons. The Morgan fingerprint density at radius 2 is 1.83 bits per heavy atom. The van der Waals surface area contributed by atoms with Crippen LogP contribution in [0.1, 0.15) is 26.3 Å². The van der Waals surface area contributed by atoms with Gasteiger partial charge < -0.3 is 9.47 Å². The predicted octanol–water partition coefficient (Wildman–Crippen LogP) is 3.38. The number of hydrogen-bond acceptors (Lipinski definition) is 3. The zero-order valence-electron chi connectivity index (χ0n) is 11.0. The summed E-state index contributed by atoms with van der Waals surface area (Å²) in [5.41, 5.74) is 1.05. The van der Waals surface area contributed by atoms with Crippen LogP contribution in [0.25, 0.3) is 0 Å². The third-order valence-electron chi connectivity index (χ3n) is 2.46. The minimum atomic E-state index is -0.148. The van der Waals surface area contributed by atoms with Crippen molar-refractivity contribution >= 4 is 21.7 Å². The first-order valence-corrected chi connectivity index (χ1v) is 7.03. The Labute approximate surface area is 117 Å². The molecule has 100 valence electrons. The van der Waals surface area contributed by atoms with Crippen molar-refractivity contribution in [2.24, 2.45) is 0 Å². The summed E-state index contributed by atoms with van der Waals surface area (Å²) in [6.45, 7) is 6.65. The van der Waals surface area contributed by atoms with Crippen molar-refractivity contribution in [2.75, 3.05) is 13.2 Å². The van der Waals surface area contributed by atoms with Gasteiger partial charge in [0.2, 0.25) is 0 Å². The van der Waals surface area contributed by atoms with Crippen LogP contribution in [0, 0.1) is 0 Å². The number of hydrogen-bond donors (Lipinski definition) is 0. The van der Waals surface area contributed by atoms with Crippen molar-refractivity contribution in [3.8, 4) is 11.5 Å². The van der Waals surface area contributed by atoms with Crippen molar-refractivity contribution < 1.29 is 14.3 Å². The zero-order valence-corrected chi connectivity index (χ0v) is 12.6. The SMILES string of the molecule is CCOc1ccc(CC(Br)C(C)=O)cc1OCC. The molecule has 0 N–H and O–H groups in total.